The molecule has 4 aromatic rings. The van der Waals surface area contributed by atoms with Crippen LogP contribution in [0.2, 0.25) is 0 Å². The molecule has 3 N–H and O–H groups in total. The molecule has 1 atom stereocenters. The Morgan fingerprint density at radius 2 is 2.00 bits per heavy atom. The van der Waals surface area contributed by atoms with E-state index in [4.69, 9.17) is 9.84 Å². The van der Waals surface area contributed by atoms with Gasteiger partial charge in [-0.3, -0.25) is 14.0 Å². The number of benzene rings is 1. The van der Waals surface area contributed by atoms with Crippen molar-refractivity contribution in [3.63, 3.8) is 0 Å². The van der Waals surface area contributed by atoms with Gasteiger partial charge in [0.25, 0.3) is 5.56 Å². The van der Waals surface area contributed by atoms with Gasteiger partial charge in [0.2, 0.25) is 5.95 Å². The highest BCUT2D eigenvalue weighted by Crippen LogP contribution is 2.37. The van der Waals surface area contributed by atoms with Crippen LogP contribution in [-0.4, -0.2) is 54.3 Å². The highest BCUT2D eigenvalue weighted by molar-refractivity contribution is 5.82. The highest BCUT2D eigenvalue weighted by Gasteiger charge is 2.30. The number of fused-ring (bicyclic) bond motifs is 2. The molecule has 4 heterocycles. The number of aliphatic hydroxyl groups excluding tert-OH is 1. The van der Waals surface area contributed by atoms with E-state index in [2.05, 4.69) is 25.7 Å². The van der Waals surface area contributed by atoms with Crippen LogP contribution in [0.25, 0.3) is 11.0 Å². The van der Waals surface area contributed by atoms with Crippen LogP contribution in [0, 0.1) is 0 Å². The Balaban J connectivity index is 1.44. The van der Waals surface area contributed by atoms with Crippen molar-refractivity contribution in [3.05, 3.63) is 64.8 Å². The fraction of sp³-hybridized carbons (Fsp3) is 0.370. The van der Waals surface area contributed by atoms with Gasteiger partial charge in [0.15, 0.2) is 0 Å². The first-order valence-corrected chi connectivity index (χ1v) is 12.8. The van der Waals surface area contributed by atoms with Gasteiger partial charge in [0.1, 0.15) is 16.9 Å². The van der Waals surface area contributed by atoms with Crippen molar-refractivity contribution in [1.29, 1.82) is 0 Å². The Kier molecular flexibility index (Phi) is 6.96. The van der Waals surface area contributed by atoms with E-state index in [1.165, 1.54) is 4.57 Å². The van der Waals surface area contributed by atoms with E-state index in [9.17, 15) is 9.59 Å². The first-order valence-electron chi connectivity index (χ1n) is 12.8. The number of nitrogens with one attached hydrogen (secondary N) is 2. The molecule has 1 aliphatic rings. The average molecular weight is 533 g/mol. The summed E-state index contributed by atoms with van der Waals surface area (Å²) in [7, 11) is 1.69. The van der Waals surface area contributed by atoms with E-state index in [0.717, 1.165) is 11.3 Å². The fourth-order valence-electron chi connectivity index (χ4n) is 4.68. The molecule has 0 radical (unpaired) electrons. The SMILES string of the molecule is Cn1c(=O)c(N2CCC(NC(=O)OC(C)(C)C)c3ccccc32)cc2cnc(Nc3cnn(CCO)c3)nc21. The van der Waals surface area contributed by atoms with Gasteiger partial charge in [-0.2, -0.15) is 10.1 Å². The Labute approximate surface area is 225 Å². The number of rotatable bonds is 6. The molecule has 1 amide bonds. The molecule has 3 aromatic heterocycles. The van der Waals surface area contributed by atoms with Gasteiger partial charge >= 0.3 is 6.09 Å². The van der Waals surface area contributed by atoms with Crippen molar-refractivity contribution in [2.24, 2.45) is 7.05 Å². The average Bonchev–Trinajstić information content (AvgIpc) is 3.33. The lowest BCUT2D eigenvalue weighted by atomic mass is 9.96. The summed E-state index contributed by atoms with van der Waals surface area (Å²) < 4.78 is 8.58. The molecule has 0 fully saturated rings. The van der Waals surface area contributed by atoms with Crippen LogP contribution in [0.1, 0.15) is 38.8 Å². The Morgan fingerprint density at radius 3 is 2.77 bits per heavy atom. The summed E-state index contributed by atoms with van der Waals surface area (Å²) in [6, 6.07) is 9.30. The minimum absolute atomic E-state index is 0.0135. The van der Waals surface area contributed by atoms with Crippen molar-refractivity contribution in [1.82, 2.24) is 29.6 Å². The quantitative estimate of drug-likeness (QED) is 0.341. The van der Waals surface area contributed by atoms with Gasteiger partial charge in [-0.1, -0.05) is 18.2 Å². The number of nitrogens with zero attached hydrogens (tertiary/aromatic N) is 6. The number of alkyl carbamates (subject to hydrolysis) is 1. The monoisotopic (exact) mass is 532 g/mol. The third kappa shape index (κ3) is 5.55. The van der Waals surface area contributed by atoms with Gasteiger partial charge in [-0.25, -0.2) is 9.78 Å². The molecule has 1 aliphatic heterocycles. The van der Waals surface area contributed by atoms with Crippen LogP contribution in [-0.2, 0) is 18.3 Å². The van der Waals surface area contributed by atoms with E-state index < -0.39 is 11.7 Å². The van der Waals surface area contributed by atoms with Crippen LogP contribution in [0.3, 0.4) is 0 Å². The number of ether oxygens (including phenoxy) is 1. The number of aryl methyl sites for hydroxylation is 1. The molecule has 0 spiro atoms. The van der Waals surface area contributed by atoms with Gasteiger partial charge in [-0.05, 0) is 44.9 Å². The van der Waals surface area contributed by atoms with Crippen LogP contribution < -0.4 is 21.1 Å². The molecule has 1 unspecified atom stereocenters. The second kappa shape index (κ2) is 10.4. The standard InChI is InChI=1S/C27H32N8O4/c1-27(2,3)39-26(38)31-20-9-10-35(21-8-6-5-7-19(20)21)22-13-17-14-28-25(32-23(17)33(4)24(22)37)30-18-15-29-34(16-18)11-12-36/h5-8,13-16,20,36H,9-12H2,1-4H3,(H,31,38)(H,28,30,32). The third-order valence-electron chi connectivity index (χ3n) is 6.37. The maximum absolute atomic E-state index is 13.6. The maximum atomic E-state index is 13.6. The zero-order valence-corrected chi connectivity index (χ0v) is 22.4. The molecule has 5 rings (SSSR count). The number of aromatic nitrogens is 5. The Hall–Kier alpha value is -4.45. The third-order valence-corrected chi connectivity index (χ3v) is 6.37. The van der Waals surface area contributed by atoms with Crippen LogP contribution in [0.5, 0.6) is 0 Å². The van der Waals surface area contributed by atoms with Gasteiger partial charge < -0.3 is 25.4 Å². The number of para-hydroxylation sites is 1. The van der Waals surface area contributed by atoms with Crippen molar-refractivity contribution < 1.29 is 14.6 Å². The molecule has 0 aliphatic carbocycles. The summed E-state index contributed by atoms with van der Waals surface area (Å²) in [4.78, 5) is 37.0. The molecule has 0 bridgehead atoms. The molecule has 12 nitrogen and oxygen atoms in total. The first kappa shape index (κ1) is 26.2. The second-order valence-electron chi connectivity index (χ2n) is 10.4. The first-order chi connectivity index (χ1) is 18.6. The van der Waals surface area contributed by atoms with Gasteiger partial charge in [0.05, 0.1) is 31.1 Å². The minimum Gasteiger partial charge on any atom is -0.444 e. The molecule has 12 heteroatoms. The second-order valence-corrected chi connectivity index (χ2v) is 10.4. The predicted octanol–water partition coefficient (Wildman–Crippen LogP) is 3.37. The molecular formula is C27H32N8O4. The molecule has 1 aromatic carbocycles. The lowest BCUT2D eigenvalue weighted by Gasteiger charge is -2.36. The van der Waals surface area contributed by atoms with Crippen LogP contribution in [0.15, 0.2) is 53.7 Å². The maximum Gasteiger partial charge on any atom is 0.408 e. The van der Waals surface area contributed by atoms with Crippen molar-refractivity contribution in [2.45, 2.75) is 45.4 Å². The number of amides is 1. The van der Waals surface area contributed by atoms with Gasteiger partial charge in [-0.15, -0.1) is 0 Å². The van der Waals surface area contributed by atoms with E-state index >= 15 is 0 Å². The number of hydrogen-bond acceptors (Lipinski definition) is 9. The van der Waals surface area contributed by atoms with Gasteiger partial charge in [0, 0.05) is 37.1 Å². The number of anilines is 4. The number of carbonyl (C=O) groups is 1. The normalized spacial score (nSPS) is 15.2. The lowest BCUT2D eigenvalue weighted by Crippen LogP contribution is -2.40. The number of hydrogen-bond donors (Lipinski definition) is 3. The zero-order chi connectivity index (χ0) is 27.7. The van der Waals surface area contributed by atoms with Crippen molar-refractivity contribution in [3.8, 4) is 0 Å². The van der Waals surface area contributed by atoms with E-state index in [1.807, 2.05) is 49.9 Å². The molecule has 0 saturated heterocycles. The van der Waals surface area contributed by atoms with E-state index in [-0.39, 0.29) is 18.2 Å². The Morgan fingerprint density at radius 1 is 1.21 bits per heavy atom. The highest BCUT2D eigenvalue weighted by atomic mass is 16.6. The predicted molar refractivity (Wildman–Crippen MR) is 148 cm³/mol. The summed E-state index contributed by atoms with van der Waals surface area (Å²) in [5.41, 5.74) is 2.62. The summed E-state index contributed by atoms with van der Waals surface area (Å²) in [5, 5.41) is 20.0. The number of aliphatic hydroxyl groups is 1. The molecule has 204 valence electrons. The summed E-state index contributed by atoms with van der Waals surface area (Å²) in [6.45, 7) is 6.38. The lowest BCUT2D eigenvalue weighted by molar-refractivity contribution is 0.0500. The molecule has 0 saturated carbocycles. The van der Waals surface area contributed by atoms with E-state index in [0.29, 0.717) is 47.9 Å². The zero-order valence-electron chi connectivity index (χ0n) is 22.4. The fourth-order valence-corrected chi connectivity index (χ4v) is 4.68. The van der Waals surface area contributed by atoms with Crippen molar-refractivity contribution in [2.75, 3.05) is 23.4 Å². The summed E-state index contributed by atoms with van der Waals surface area (Å²) >= 11 is 0. The summed E-state index contributed by atoms with van der Waals surface area (Å²) in [5.74, 6) is 0.327. The molecular weight excluding hydrogens is 500 g/mol. The summed E-state index contributed by atoms with van der Waals surface area (Å²) in [6.07, 6.45) is 5.16. The van der Waals surface area contributed by atoms with Crippen LogP contribution in [0.4, 0.5) is 27.8 Å². The Bertz CT molecular complexity index is 1570. The van der Waals surface area contributed by atoms with Crippen molar-refractivity contribution >= 4 is 40.1 Å². The number of carbonyl (C=O) groups excluding carboxylic acids is 1. The topological polar surface area (TPSA) is 139 Å². The number of pyridine rings is 1. The van der Waals surface area contributed by atoms with Crippen LogP contribution >= 0.6 is 0 Å². The largest absolute Gasteiger partial charge is 0.444 e. The smallest absolute Gasteiger partial charge is 0.408 e. The molecule has 39 heavy (non-hydrogen) atoms. The van der Waals surface area contributed by atoms with E-state index in [1.54, 1.807) is 36.4 Å². The minimum atomic E-state index is -0.596.